The Kier molecular flexibility index (Phi) is 8.75. The molecule has 234 valence electrons. The molecule has 0 unspecified atom stereocenters. The second-order valence-corrected chi connectivity index (χ2v) is 11.8. The van der Waals surface area contributed by atoms with Crippen LogP contribution in [-0.4, -0.2) is 35.8 Å². The lowest BCUT2D eigenvalue weighted by atomic mass is 10.1. The highest BCUT2D eigenvalue weighted by Crippen LogP contribution is 2.29. The molecule has 4 heterocycles. The normalized spacial score (nSPS) is 11.8. The maximum absolute atomic E-state index is 8.90. The van der Waals surface area contributed by atoms with E-state index in [4.69, 9.17) is 10.5 Å². The fourth-order valence-corrected chi connectivity index (χ4v) is 6.12. The van der Waals surface area contributed by atoms with Crippen molar-refractivity contribution in [3.8, 4) is 12.1 Å². The van der Waals surface area contributed by atoms with Crippen LogP contribution in [0.2, 0.25) is 0 Å². The van der Waals surface area contributed by atoms with Crippen LogP contribution in [0, 0.1) is 22.7 Å². The van der Waals surface area contributed by atoms with Crippen LogP contribution < -0.4 is 4.90 Å². The molecule has 8 rings (SSSR count). The van der Waals surface area contributed by atoms with E-state index in [2.05, 4.69) is 76.7 Å². The molecular formula is C39H33N9. The first-order valence-electron chi connectivity index (χ1n) is 15.9. The SMILES string of the molecule is N#Cc1ccc(Cn2cncc2CN2CCc3ccccc32)cc1.N#Cc1ccc(Cn2cncc2Cc2[nH]nc3ccccc23)cc1. The van der Waals surface area contributed by atoms with Gasteiger partial charge in [-0.25, -0.2) is 9.97 Å². The van der Waals surface area contributed by atoms with Crippen molar-refractivity contribution >= 4 is 16.6 Å². The monoisotopic (exact) mass is 627 g/mol. The van der Waals surface area contributed by atoms with Gasteiger partial charge in [0.25, 0.3) is 0 Å². The Labute approximate surface area is 279 Å². The number of H-pyrrole nitrogens is 1. The molecule has 7 aromatic rings. The third-order valence-corrected chi connectivity index (χ3v) is 8.70. The van der Waals surface area contributed by atoms with E-state index in [9.17, 15) is 0 Å². The summed E-state index contributed by atoms with van der Waals surface area (Å²) in [6.45, 7) is 3.43. The first kappa shape index (κ1) is 30.2. The molecule has 4 aromatic carbocycles. The number of fused-ring (bicyclic) bond motifs is 2. The van der Waals surface area contributed by atoms with Gasteiger partial charge in [-0.05, 0) is 59.5 Å². The van der Waals surface area contributed by atoms with Gasteiger partial charge in [-0.15, -0.1) is 0 Å². The molecule has 48 heavy (non-hydrogen) atoms. The van der Waals surface area contributed by atoms with E-state index >= 15 is 0 Å². The molecule has 9 nitrogen and oxygen atoms in total. The van der Waals surface area contributed by atoms with Gasteiger partial charge in [-0.3, -0.25) is 5.10 Å². The number of aromatic amines is 1. The van der Waals surface area contributed by atoms with E-state index in [0.717, 1.165) is 66.9 Å². The topological polar surface area (TPSA) is 115 Å². The molecule has 0 bridgehead atoms. The number of benzene rings is 4. The van der Waals surface area contributed by atoms with Crippen LogP contribution in [-0.2, 0) is 32.5 Å². The summed E-state index contributed by atoms with van der Waals surface area (Å²) in [6.07, 6.45) is 9.42. The molecule has 0 saturated carbocycles. The van der Waals surface area contributed by atoms with Gasteiger partial charge in [-0.2, -0.15) is 15.6 Å². The molecule has 1 aliphatic rings. The standard InChI is InChI=1S/C20H18N4.C19H15N5/c21-11-16-5-7-17(8-6-16)13-24-15-22-12-19(24)14-23-10-9-18-3-1-2-4-20(18)23;20-10-14-5-7-15(8-6-14)12-24-13-21-11-16(24)9-19-17-3-1-2-4-18(17)22-23-19/h1-8,12,15H,9-10,13-14H2;1-8,11,13H,9,12H2,(H,22,23). The fraction of sp³-hybridized carbons (Fsp3) is 0.154. The molecule has 9 heteroatoms. The summed E-state index contributed by atoms with van der Waals surface area (Å²) >= 11 is 0. The molecule has 0 radical (unpaired) electrons. The van der Waals surface area contributed by atoms with E-state index in [-0.39, 0.29) is 0 Å². The van der Waals surface area contributed by atoms with Gasteiger partial charge >= 0.3 is 0 Å². The van der Waals surface area contributed by atoms with Crippen molar-refractivity contribution in [2.45, 2.75) is 32.5 Å². The lowest BCUT2D eigenvalue weighted by Gasteiger charge is -2.20. The number of aromatic nitrogens is 6. The van der Waals surface area contributed by atoms with Gasteiger partial charge in [-0.1, -0.05) is 60.7 Å². The van der Waals surface area contributed by atoms with Gasteiger partial charge in [0, 0.05) is 60.9 Å². The molecule has 0 amide bonds. The Morgan fingerprint density at radius 1 is 0.667 bits per heavy atom. The summed E-state index contributed by atoms with van der Waals surface area (Å²) in [5.41, 5.74) is 10.8. The van der Waals surface area contributed by atoms with Crippen molar-refractivity contribution in [1.29, 1.82) is 10.5 Å². The van der Waals surface area contributed by atoms with Crippen molar-refractivity contribution in [3.05, 3.63) is 167 Å². The summed E-state index contributed by atoms with van der Waals surface area (Å²) in [7, 11) is 0. The number of anilines is 1. The van der Waals surface area contributed by atoms with Gasteiger partial charge in [0.2, 0.25) is 0 Å². The summed E-state index contributed by atoms with van der Waals surface area (Å²) in [5.74, 6) is 0. The third-order valence-electron chi connectivity index (χ3n) is 8.70. The first-order chi connectivity index (χ1) is 23.7. The lowest BCUT2D eigenvalue weighted by molar-refractivity contribution is 0.710. The summed E-state index contributed by atoms with van der Waals surface area (Å²) in [6, 6.07) is 36.4. The number of rotatable bonds is 8. The number of hydrogen-bond acceptors (Lipinski definition) is 6. The summed E-state index contributed by atoms with van der Waals surface area (Å²) < 4.78 is 4.30. The van der Waals surface area contributed by atoms with Crippen LogP contribution in [0.1, 0.15) is 44.9 Å². The summed E-state index contributed by atoms with van der Waals surface area (Å²) in [4.78, 5) is 11.0. The Morgan fingerprint density at radius 3 is 1.96 bits per heavy atom. The van der Waals surface area contributed by atoms with Crippen LogP contribution in [0.25, 0.3) is 10.9 Å². The highest BCUT2D eigenvalue weighted by Gasteiger charge is 2.19. The second-order valence-electron chi connectivity index (χ2n) is 11.8. The van der Waals surface area contributed by atoms with E-state index < -0.39 is 0 Å². The Balaban J connectivity index is 0.000000152. The number of nitrogens with one attached hydrogen (secondary N) is 1. The van der Waals surface area contributed by atoms with Crippen LogP contribution in [0.4, 0.5) is 5.69 Å². The average molecular weight is 628 g/mol. The van der Waals surface area contributed by atoms with Gasteiger partial charge in [0.15, 0.2) is 0 Å². The minimum Gasteiger partial charge on any atom is -0.365 e. The van der Waals surface area contributed by atoms with E-state index in [1.54, 1.807) is 0 Å². The van der Waals surface area contributed by atoms with E-state index in [1.165, 1.54) is 22.5 Å². The van der Waals surface area contributed by atoms with Gasteiger partial charge in [0.05, 0.1) is 53.7 Å². The minimum absolute atomic E-state index is 0.675. The zero-order valence-corrected chi connectivity index (χ0v) is 26.4. The quantitative estimate of drug-likeness (QED) is 0.202. The van der Waals surface area contributed by atoms with E-state index in [0.29, 0.717) is 11.1 Å². The predicted octanol–water partition coefficient (Wildman–Crippen LogP) is 6.64. The van der Waals surface area contributed by atoms with Crippen molar-refractivity contribution in [1.82, 2.24) is 29.3 Å². The molecule has 1 aliphatic heterocycles. The highest BCUT2D eigenvalue weighted by molar-refractivity contribution is 5.81. The van der Waals surface area contributed by atoms with Gasteiger partial charge < -0.3 is 14.0 Å². The molecule has 0 spiro atoms. The molecule has 3 aromatic heterocycles. The Bertz CT molecular complexity index is 2220. The number of imidazole rings is 2. The van der Waals surface area contributed by atoms with Crippen molar-refractivity contribution < 1.29 is 0 Å². The van der Waals surface area contributed by atoms with Gasteiger partial charge in [0.1, 0.15) is 0 Å². The zero-order chi connectivity index (χ0) is 32.7. The third kappa shape index (κ3) is 6.72. The molecule has 0 fully saturated rings. The lowest BCUT2D eigenvalue weighted by Crippen LogP contribution is -2.21. The molecule has 0 atom stereocenters. The average Bonchev–Trinajstić information content (AvgIpc) is 3.95. The van der Waals surface area contributed by atoms with Crippen molar-refractivity contribution in [2.75, 3.05) is 11.4 Å². The van der Waals surface area contributed by atoms with Crippen molar-refractivity contribution in [2.24, 2.45) is 0 Å². The first-order valence-corrected chi connectivity index (χ1v) is 15.9. The zero-order valence-electron chi connectivity index (χ0n) is 26.4. The number of nitriles is 2. The maximum atomic E-state index is 8.90. The molecule has 0 aliphatic carbocycles. The van der Waals surface area contributed by atoms with Crippen LogP contribution >= 0.6 is 0 Å². The maximum Gasteiger partial charge on any atom is 0.0991 e. The minimum atomic E-state index is 0.675. The Hall–Kier alpha value is -6.45. The fourth-order valence-electron chi connectivity index (χ4n) is 6.12. The van der Waals surface area contributed by atoms with Crippen LogP contribution in [0.5, 0.6) is 0 Å². The number of para-hydroxylation sites is 2. The summed E-state index contributed by atoms with van der Waals surface area (Å²) in [5, 5.41) is 26.4. The molecule has 1 N–H and O–H groups in total. The largest absolute Gasteiger partial charge is 0.365 e. The molecular weight excluding hydrogens is 594 g/mol. The number of nitrogens with zero attached hydrogens (tertiary/aromatic N) is 8. The van der Waals surface area contributed by atoms with Crippen molar-refractivity contribution in [3.63, 3.8) is 0 Å². The molecule has 0 saturated heterocycles. The number of hydrogen-bond donors (Lipinski definition) is 1. The van der Waals surface area contributed by atoms with E-state index in [1.807, 2.05) is 91.8 Å². The Morgan fingerprint density at radius 2 is 1.27 bits per heavy atom. The van der Waals surface area contributed by atoms with Crippen LogP contribution in [0.3, 0.4) is 0 Å². The smallest absolute Gasteiger partial charge is 0.0991 e. The van der Waals surface area contributed by atoms with Crippen LogP contribution in [0.15, 0.2) is 122 Å². The highest BCUT2D eigenvalue weighted by atomic mass is 15.2. The predicted molar refractivity (Wildman–Crippen MR) is 185 cm³/mol. The second kappa shape index (κ2) is 13.9.